The van der Waals surface area contributed by atoms with Crippen molar-refractivity contribution in [2.24, 2.45) is 0 Å². The number of esters is 1. The summed E-state index contributed by atoms with van der Waals surface area (Å²) in [4.78, 5) is 28.4. The summed E-state index contributed by atoms with van der Waals surface area (Å²) in [5, 5.41) is 0. The van der Waals surface area contributed by atoms with Gasteiger partial charge >= 0.3 is 5.97 Å². The molecule has 0 spiro atoms. The number of nitrogens with zero attached hydrogens (tertiary/aromatic N) is 1. The molecule has 0 radical (unpaired) electrons. The highest BCUT2D eigenvalue weighted by Crippen LogP contribution is 2.22. The molecule has 3 rings (SSSR count). The quantitative estimate of drug-likeness (QED) is 0.468. The number of rotatable bonds is 5. The van der Waals surface area contributed by atoms with Gasteiger partial charge in [-0.15, -0.1) is 0 Å². The Balaban J connectivity index is 1.68. The Labute approximate surface area is 152 Å². The molecule has 0 saturated heterocycles. The van der Waals surface area contributed by atoms with Crippen molar-refractivity contribution in [3.8, 4) is 11.5 Å². The van der Waals surface area contributed by atoms with Gasteiger partial charge in [0.25, 0.3) is 0 Å². The molecular formula is C19H14BrNO4. The van der Waals surface area contributed by atoms with Crippen LogP contribution in [-0.4, -0.2) is 23.3 Å². The SMILES string of the molecule is Cc1oc(-c2ccccc2)nc1C(=O)OCC(=O)c1ccc(Br)cc1. The number of Topliss-reactive ketones (excluding diaryl/α,β-unsaturated/α-hetero) is 1. The average Bonchev–Trinajstić information content (AvgIpc) is 3.02. The van der Waals surface area contributed by atoms with Crippen LogP contribution in [0.3, 0.4) is 0 Å². The standard InChI is InChI=1S/C19H14BrNO4/c1-12-17(21-18(25-12)14-5-3-2-4-6-14)19(23)24-11-16(22)13-7-9-15(20)10-8-13/h2-10H,11H2,1H3. The second kappa shape index (κ2) is 7.44. The van der Waals surface area contributed by atoms with Crippen LogP contribution >= 0.6 is 15.9 Å². The van der Waals surface area contributed by atoms with Gasteiger partial charge in [-0.05, 0) is 31.2 Å². The highest BCUT2D eigenvalue weighted by molar-refractivity contribution is 9.10. The van der Waals surface area contributed by atoms with Crippen molar-refractivity contribution >= 4 is 27.7 Å². The van der Waals surface area contributed by atoms with E-state index in [1.54, 1.807) is 31.2 Å². The van der Waals surface area contributed by atoms with Gasteiger partial charge in [-0.1, -0.05) is 46.3 Å². The van der Waals surface area contributed by atoms with Gasteiger partial charge < -0.3 is 9.15 Å². The first kappa shape index (κ1) is 17.1. The van der Waals surface area contributed by atoms with Crippen molar-refractivity contribution in [3.63, 3.8) is 0 Å². The summed E-state index contributed by atoms with van der Waals surface area (Å²) in [5.74, 6) is -0.289. The van der Waals surface area contributed by atoms with Gasteiger partial charge in [-0.25, -0.2) is 9.78 Å². The molecule has 1 heterocycles. The van der Waals surface area contributed by atoms with Gasteiger partial charge in [0.15, 0.2) is 18.1 Å². The first-order valence-electron chi connectivity index (χ1n) is 7.53. The van der Waals surface area contributed by atoms with E-state index in [9.17, 15) is 9.59 Å². The summed E-state index contributed by atoms with van der Waals surface area (Å²) in [7, 11) is 0. The number of ether oxygens (including phenoxy) is 1. The fourth-order valence-corrected chi connectivity index (χ4v) is 2.47. The lowest BCUT2D eigenvalue weighted by Gasteiger charge is -2.03. The molecule has 1 aromatic heterocycles. The molecule has 126 valence electrons. The summed E-state index contributed by atoms with van der Waals surface area (Å²) < 4.78 is 11.5. The number of aryl methyl sites for hydroxylation is 1. The molecule has 0 N–H and O–H groups in total. The molecule has 0 fully saturated rings. The van der Waals surface area contributed by atoms with Crippen LogP contribution in [0, 0.1) is 6.92 Å². The Kier molecular flexibility index (Phi) is 5.09. The summed E-state index contributed by atoms with van der Waals surface area (Å²) in [6.07, 6.45) is 0. The van der Waals surface area contributed by atoms with Crippen LogP contribution in [0.4, 0.5) is 0 Å². The molecule has 0 bridgehead atoms. The van der Waals surface area contributed by atoms with Crippen molar-refractivity contribution in [1.82, 2.24) is 4.98 Å². The van der Waals surface area contributed by atoms with Crippen LogP contribution in [0.1, 0.15) is 26.6 Å². The Hall–Kier alpha value is -2.73. The Morgan fingerprint density at radius 1 is 1.08 bits per heavy atom. The zero-order valence-corrected chi connectivity index (χ0v) is 14.9. The number of ketones is 1. The molecule has 0 saturated carbocycles. The van der Waals surface area contributed by atoms with Gasteiger partial charge in [-0.2, -0.15) is 0 Å². The van der Waals surface area contributed by atoms with E-state index in [4.69, 9.17) is 9.15 Å². The van der Waals surface area contributed by atoms with Crippen molar-refractivity contribution in [2.75, 3.05) is 6.61 Å². The van der Waals surface area contributed by atoms with Gasteiger partial charge in [0.1, 0.15) is 5.76 Å². The summed E-state index contributed by atoms with van der Waals surface area (Å²) >= 11 is 3.30. The maximum absolute atomic E-state index is 12.2. The summed E-state index contributed by atoms with van der Waals surface area (Å²) in [6, 6.07) is 16.1. The molecule has 5 nitrogen and oxygen atoms in total. The third-order valence-corrected chi connectivity index (χ3v) is 4.04. The van der Waals surface area contributed by atoms with E-state index in [0.717, 1.165) is 10.0 Å². The number of aromatic nitrogens is 1. The maximum atomic E-state index is 12.2. The van der Waals surface area contributed by atoms with E-state index >= 15 is 0 Å². The zero-order valence-electron chi connectivity index (χ0n) is 13.4. The minimum Gasteiger partial charge on any atom is -0.452 e. The third-order valence-electron chi connectivity index (χ3n) is 3.51. The summed E-state index contributed by atoms with van der Waals surface area (Å²) in [5.41, 5.74) is 1.30. The predicted molar refractivity (Wildman–Crippen MR) is 95.4 cm³/mol. The van der Waals surface area contributed by atoms with Crippen molar-refractivity contribution in [2.45, 2.75) is 6.92 Å². The Morgan fingerprint density at radius 2 is 1.76 bits per heavy atom. The average molecular weight is 400 g/mol. The largest absolute Gasteiger partial charge is 0.452 e. The number of carbonyl (C=O) groups is 2. The molecule has 0 aliphatic rings. The molecule has 6 heteroatoms. The van der Waals surface area contributed by atoms with Crippen molar-refractivity contribution in [1.29, 1.82) is 0 Å². The number of benzene rings is 2. The van der Waals surface area contributed by atoms with E-state index in [1.807, 2.05) is 30.3 Å². The molecule has 0 amide bonds. The normalized spacial score (nSPS) is 10.5. The van der Waals surface area contributed by atoms with E-state index in [1.165, 1.54) is 0 Å². The number of carbonyl (C=O) groups excluding carboxylic acids is 2. The molecule has 25 heavy (non-hydrogen) atoms. The topological polar surface area (TPSA) is 69.4 Å². The molecule has 2 aromatic carbocycles. The van der Waals surface area contributed by atoms with Crippen LogP contribution in [-0.2, 0) is 4.74 Å². The first-order chi connectivity index (χ1) is 12.0. The molecule has 0 aliphatic carbocycles. The van der Waals surface area contributed by atoms with E-state index in [0.29, 0.717) is 17.2 Å². The van der Waals surface area contributed by atoms with Crippen LogP contribution in [0.15, 0.2) is 63.5 Å². The monoisotopic (exact) mass is 399 g/mol. The van der Waals surface area contributed by atoms with Crippen molar-refractivity contribution < 1.29 is 18.7 Å². The lowest BCUT2D eigenvalue weighted by molar-refractivity contribution is 0.0468. The fraction of sp³-hybridized carbons (Fsp3) is 0.105. The van der Waals surface area contributed by atoms with Gasteiger partial charge in [0.2, 0.25) is 5.89 Å². The van der Waals surface area contributed by atoms with E-state index in [-0.39, 0.29) is 18.1 Å². The highest BCUT2D eigenvalue weighted by Gasteiger charge is 2.20. The van der Waals surface area contributed by atoms with Crippen LogP contribution in [0.2, 0.25) is 0 Å². The molecule has 3 aromatic rings. The van der Waals surface area contributed by atoms with Crippen LogP contribution in [0.5, 0.6) is 0 Å². The molecule has 0 atom stereocenters. The number of oxazole rings is 1. The minimum absolute atomic E-state index is 0.0717. The molecule has 0 aliphatic heterocycles. The third kappa shape index (κ3) is 4.03. The summed E-state index contributed by atoms with van der Waals surface area (Å²) in [6.45, 7) is 1.28. The maximum Gasteiger partial charge on any atom is 0.361 e. The van der Waals surface area contributed by atoms with Gasteiger partial charge in [-0.3, -0.25) is 4.79 Å². The highest BCUT2D eigenvalue weighted by atomic mass is 79.9. The number of hydrogen-bond acceptors (Lipinski definition) is 5. The smallest absolute Gasteiger partial charge is 0.361 e. The number of hydrogen-bond donors (Lipinski definition) is 0. The molecular weight excluding hydrogens is 386 g/mol. The predicted octanol–water partition coefficient (Wildman–Crippen LogP) is 4.45. The van der Waals surface area contributed by atoms with Crippen LogP contribution in [0.25, 0.3) is 11.5 Å². The minimum atomic E-state index is -0.686. The van der Waals surface area contributed by atoms with Gasteiger partial charge in [0, 0.05) is 15.6 Å². The first-order valence-corrected chi connectivity index (χ1v) is 8.32. The lowest BCUT2D eigenvalue weighted by Crippen LogP contribution is -2.15. The fourth-order valence-electron chi connectivity index (χ4n) is 2.21. The van der Waals surface area contributed by atoms with E-state index < -0.39 is 5.97 Å². The van der Waals surface area contributed by atoms with Crippen molar-refractivity contribution in [3.05, 3.63) is 76.1 Å². The Bertz CT molecular complexity index is 901. The Morgan fingerprint density at radius 3 is 2.44 bits per heavy atom. The van der Waals surface area contributed by atoms with E-state index in [2.05, 4.69) is 20.9 Å². The second-order valence-corrected chi connectivity index (χ2v) is 6.21. The zero-order chi connectivity index (χ0) is 17.8. The number of halogens is 1. The van der Waals surface area contributed by atoms with Crippen LogP contribution < -0.4 is 0 Å². The second-order valence-electron chi connectivity index (χ2n) is 5.30. The van der Waals surface area contributed by atoms with Gasteiger partial charge in [0.05, 0.1) is 0 Å². The molecule has 0 unspecified atom stereocenters. The lowest BCUT2D eigenvalue weighted by atomic mass is 10.1.